The SMILES string of the molecule is Nc1cc2c(N)nc(-c3ccnc(-c4ccccc4F)c3)nc2cc1N1CCOCC1. The van der Waals surface area contributed by atoms with Crippen LogP contribution in [0.25, 0.3) is 33.5 Å². The van der Waals surface area contributed by atoms with Gasteiger partial charge in [0.05, 0.1) is 35.8 Å². The van der Waals surface area contributed by atoms with E-state index in [1.807, 2.05) is 12.1 Å². The van der Waals surface area contributed by atoms with Crippen molar-refractivity contribution >= 4 is 28.1 Å². The highest BCUT2D eigenvalue weighted by Gasteiger charge is 2.17. The van der Waals surface area contributed by atoms with Crippen molar-refractivity contribution in [1.29, 1.82) is 0 Å². The Morgan fingerprint density at radius 1 is 0.968 bits per heavy atom. The Morgan fingerprint density at radius 2 is 1.77 bits per heavy atom. The van der Waals surface area contributed by atoms with E-state index in [1.165, 1.54) is 6.07 Å². The van der Waals surface area contributed by atoms with Gasteiger partial charge in [-0.25, -0.2) is 14.4 Å². The molecule has 1 saturated heterocycles. The number of nitrogens with two attached hydrogens (primary N) is 2. The number of benzene rings is 2. The molecule has 156 valence electrons. The molecule has 1 fully saturated rings. The minimum absolute atomic E-state index is 0.336. The molecule has 31 heavy (non-hydrogen) atoms. The van der Waals surface area contributed by atoms with Crippen molar-refractivity contribution < 1.29 is 9.13 Å². The van der Waals surface area contributed by atoms with Gasteiger partial charge in [0.1, 0.15) is 11.6 Å². The predicted molar refractivity (Wildman–Crippen MR) is 120 cm³/mol. The van der Waals surface area contributed by atoms with Crippen LogP contribution in [0.3, 0.4) is 0 Å². The molecule has 4 aromatic rings. The second-order valence-electron chi connectivity index (χ2n) is 7.37. The van der Waals surface area contributed by atoms with E-state index in [1.54, 1.807) is 36.5 Å². The van der Waals surface area contributed by atoms with Crippen LogP contribution >= 0.6 is 0 Å². The number of morpholine rings is 1. The van der Waals surface area contributed by atoms with Crippen LogP contribution in [-0.2, 0) is 4.74 Å². The Morgan fingerprint density at radius 3 is 2.58 bits per heavy atom. The molecule has 8 heteroatoms. The van der Waals surface area contributed by atoms with Crippen molar-refractivity contribution in [2.45, 2.75) is 0 Å². The van der Waals surface area contributed by atoms with Crippen LogP contribution in [0, 0.1) is 5.82 Å². The lowest BCUT2D eigenvalue weighted by atomic mass is 10.1. The van der Waals surface area contributed by atoms with Crippen LogP contribution in [0.4, 0.5) is 21.6 Å². The summed E-state index contributed by atoms with van der Waals surface area (Å²) in [4.78, 5) is 15.7. The van der Waals surface area contributed by atoms with Crippen LogP contribution in [0.15, 0.2) is 54.7 Å². The first kappa shape index (κ1) is 19.2. The third kappa shape index (κ3) is 3.62. The van der Waals surface area contributed by atoms with E-state index in [2.05, 4.69) is 14.9 Å². The fourth-order valence-electron chi connectivity index (χ4n) is 3.80. The summed E-state index contributed by atoms with van der Waals surface area (Å²) < 4.78 is 19.7. The van der Waals surface area contributed by atoms with Gasteiger partial charge in [-0.3, -0.25) is 4.98 Å². The molecule has 5 rings (SSSR count). The Labute approximate surface area is 178 Å². The average Bonchev–Trinajstić information content (AvgIpc) is 2.80. The van der Waals surface area contributed by atoms with Gasteiger partial charge in [-0.15, -0.1) is 0 Å². The number of hydrogen-bond donors (Lipinski definition) is 2. The highest BCUT2D eigenvalue weighted by Crippen LogP contribution is 2.33. The van der Waals surface area contributed by atoms with E-state index < -0.39 is 0 Å². The molecule has 2 aromatic heterocycles. The van der Waals surface area contributed by atoms with Gasteiger partial charge in [-0.1, -0.05) is 12.1 Å². The standard InChI is InChI=1S/C23H21FN6O/c24-17-4-2-1-3-15(17)19-11-14(5-6-27-19)23-28-20-13-21(30-7-9-31-10-8-30)18(25)12-16(20)22(26)29-23/h1-6,11-13H,7-10,25H2,(H2,26,28,29). The molecule has 4 N–H and O–H groups in total. The highest BCUT2D eigenvalue weighted by atomic mass is 19.1. The van der Waals surface area contributed by atoms with Gasteiger partial charge in [0, 0.05) is 35.8 Å². The third-order valence-electron chi connectivity index (χ3n) is 5.39. The summed E-state index contributed by atoms with van der Waals surface area (Å²) in [6, 6.07) is 13.8. The predicted octanol–water partition coefficient (Wildman–Crippen LogP) is 3.50. The number of nitrogen functional groups attached to an aromatic ring is 2. The number of anilines is 3. The van der Waals surface area contributed by atoms with E-state index >= 15 is 0 Å². The van der Waals surface area contributed by atoms with Gasteiger partial charge in [-0.2, -0.15) is 0 Å². The summed E-state index contributed by atoms with van der Waals surface area (Å²) in [6.45, 7) is 2.84. The maximum absolute atomic E-state index is 14.2. The monoisotopic (exact) mass is 416 g/mol. The van der Waals surface area contributed by atoms with Gasteiger partial charge < -0.3 is 21.1 Å². The molecule has 1 aliphatic rings. The fraction of sp³-hybridized carbons (Fsp3) is 0.174. The van der Waals surface area contributed by atoms with Crippen LogP contribution in [-0.4, -0.2) is 41.3 Å². The second-order valence-corrected chi connectivity index (χ2v) is 7.37. The molecule has 2 aromatic carbocycles. The van der Waals surface area contributed by atoms with Crippen LogP contribution < -0.4 is 16.4 Å². The largest absolute Gasteiger partial charge is 0.397 e. The number of aromatic nitrogens is 3. The van der Waals surface area contributed by atoms with Gasteiger partial charge in [0.2, 0.25) is 0 Å². The Balaban J connectivity index is 1.60. The molecule has 0 atom stereocenters. The van der Waals surface area contributed by atoms with Crippen molar-refractivity contribution in [3.8, 4) is 22.6 Å². The molecule has 0 aliphatic carbocycles. The minimum Gasteiger partial charge on any atom is -0.397 e. The summed E-state index contributed by atoms with van der Waals surface area (Å²) in [6.07, 6.45) is 1.61. The number of halogens is 1. The van der Waals surface area contributed by atoms with E-state index in [0.29, 0.717) is 58.3 Å². The van der Waals surface area contributed by atoms with E-state index in [0.717, 1.165) is 18.8 Å². The zero-order chi connectivity index (χ0) is 21.4. The van der Waals surface area contributed by atoms with Crippen LogP contribution in [0.2, 0.25) is 0 Å². The molecule has 3 heterocycles. The topological polar surface area (TPSA) is 103 Å². The number of hydrogen-bond acceptors (Lipinski definition) is 7. The van der Waals surface area contributed by atoms with Crippen molar-refractivity contribution in [1.82, 2.24) is 15.0 Å². The van der Waals surface area contributed by atoms with Gasteiger partial charge in [0.15, 0.2) is 5.82 Å². The normalized spacial score (nSPS) is 14.2. The molecule has 0 spiro atoms. The quantitative estimate of drug-likeness (QED) is 0.493. The lowest BCUT2D eigenvalue weighted by Crippen LogP contribution is -2.36. The molecule has 0 bridgehead atoms. The van der Waals surface area contributed by atoms with Crippen molar-refractivity contribution in [2.24, 2.45) is 0 Å². The van der Waals surface area contributed by atoms with E-state index in [4.69, 9.17) is 21.2 Å². The van der Waals surface area contributed by atoms with Crippen LogP contribution in [0.1, 0.15) is 0 Å². The van der Waals surface area contributed by atoms with Crippen LogP contribution in [0.5, 0.6) is 0 Å². The fourth-order valence-corrected chi connectivity index (χ4v) is 3.80. The summed E-state index contributed by atoms with van der Waals surface area (Å²) in [7, 11) is 0. The number of pyridine rings is 1. The zero-order valence-corrected chi connectivity index (χ0v) is 16.8. The molecular weight excluding hydrogens is 395 g/mol. The molecule has 0 saturated carbocycles. The van der Waals surface area contributed by atoms with Gasteiger partial charge >= 0.3 is 0 Å². The lowest BCUT2D eigenvalue weighted by molar-refractivity contribution is 0.123. The summed E-state index contributed by atoms with van der Waals surface area (Å²) in [5.41, 5.74) is 16.4. The van der Waals surface area contributed by atoms with E-state index in [9.17, 15) is 4.39 Å². The Bertz CT molecular complexity index is 1270. The number of fused-ring (bicyclic) bond motifs is 1. The summed E-state index contributed by atoms with van der Waals surface area (Å²) >= 11 is 0. The van der Waals surface area contributed by atoms with Gasteiger partial charge in [-0.05, 0) is 36.4 Å². The second kappa shape index (κ2) is 7.81. The first-order valence-corrected chi connectivity index (χ1v) is 10.0. The van der Waals surface area contributed by atoms with Crippen molar-refractivity contribution in [2.75, 3.05) is 42.7 Å². The first-order valence-electron chi connectivity index (χ1n) is 10.0. The first-order chi connectivity index (χ1) is 15.1. The van der Waals surface area contributed by atoms with Gasteiger partial charge in [0.25, 0.3) is 0 Å². The number of nitrogens with zero attached hydrogens (tertiary/aromatic N) is 4. The molecule has 1 aliphatic heterocycles. The molecular formula is C23H21FN6O. The Kier molecular flexibility index (Phi) is 4.83. The maximum atomic E-state index is 14.2. The number of rotatable bonds is 3. The molecule has 7 nitrogen and oxygen atoms in total. The highest BCUT2D eigenvalue weighted by molar-refractivity contribution is 5.96. The zero-order valence-electron chi connectivity index (χ0n) is 16.8. The third-order valence-corrected chi connectivity index (χ3v) is 5.39. The summed E-state index contributed by atoms with van der Waals surface area (Å²) in [5, 5.41) is 0.696. The molecule has 0 amide bonds. The molecule has 0 unspecified atom stereocenters. The lowest BCUT2D eigenvalue weighted by Gasteiger charge is -2.30. The molecule has 0 radical (unpaired) electrons. The summed E-state index contributed by atoms with van der Waals surface area (Å²) in [5.74, 6) is 0.448. The minimum atomic E-state index is -0.336. The van der Waals surface area contributed by atoms with Crippen molar-refractivity contribution in [3.63, 3.8) is 0 Å². The van der Waals surface area contributed by atoms with E-state index in [-0.39, 0.29) is 5.82 Å². The smallest absolute Gasteiger partial charge is 0.162 e. The number of ether oxygens (including phenoxy) is 1. The van der Waals surface area contributed by atoms with Crippen molar-refractivity contribution in [3.05, 3.63) is 60.5 Å². The maximum Gasteiger partial charge on any atom is 0.162 e. The Hall–Kier alpha value is -3.78. The average molecular weight is 416 g/mol.